The van der Waals surface area contributed by atoms with Crippen molar-refractivity contribution in [2.45, 2.75) is 18.4 Å². The molecule has 3 amide bonds. The van der Waals surface area contributed by atoms with Gasteiger partial charge in [0.2, 0.25) is 0 Å². The number of non-ortho nitro benzene ring substituents is 1. The fourth-order valence-electron chi connectivity index (χ4n) is 2.88. The first kappa shape index (κ1) is 14.6. The van der Waals surface area contributed by atoms with Crippen LogP contribution in [0.4, 0.5) is 16.2 Å². The summed E-state index contributed by atoms with van der Waals surface area (Å²) in [7, 11) is 0. The topological polar surface area (TPSA) is 105 Å². The Kier molecular flexibility index (Phi) is 3.40. The molecule has 3 rings (SSSR count). The van der Waals surface area contributed by atoms with E-state index in [0.29, 0.717) is 36.6 Å². The smallest absolute Gasteiger partial charge is 0.322 e. The molecule has 2 saturated heterocycles. The Morgan fingerprint density at radius 3 is 2.45 bits per heavy atom. The largest absolute Gasteiger partial charge is 0.370 e. The second-order valence-corrected chi connectivity index (χ2v) is 5.78. The number of carbonyl (C=O) groups is 2. The van der Waals surface area contributed by atoms with Crippen LogP contribution in [0.3, 0.4) is 0 Å². The highest BCUT2D eigenvalue weighted by Gasteiger charge is 2.47. The monoisotopic (exact) mass is 324 g/mol. The minimum Gasteiger partial charge on any atom is -0.370 e. The van der Waals surface area contributed by atoms with Crippen molar-refractivity contribution in [3.8, 4) is 0 Å². The number of imide groups is 1. The van der Waals surface area contributed by atoms with Crippen molar-refractivity contribution in [3.05, 3.63) is 33.3 Å². The van der Waals surface area contributed by atoms with E-state index in [0.717, 1.165) is 0 Å². The summed E-state index contributed by atoms with van der Waals surface area (Å²) in [6.07, 6.45) is 0.912. The average Bonchev–Trinajstić information content (AvgIpc) is 2.74. The zero-order valence-electron chi connectivity index (χ0n) is 11.5. The summed E-state index contributed by atoms with van der Waals surface area (Å²) in [5.41, 5.74) is -0.225. The van der Waals surface area contributed by atoms with Gasteiger partial charge in [-0.05, 0) is 18.9 Å². The van der Waals surface area contributed by atoms with Gasteiger partial charge < -0.3 is 10.2 Å². The first-order valence-electron chi connectivity index (χ1n) is 6.74. The molecule has 0 aromatic heterocycles. The van der Waals surface area contributed by atoms with Crippen LogP contribution in [0.25, 0.3) is 0 Å². The predicted octanol–water partition coefficient (Wildman–Crippen LogP) is 1.43. The second-order valence-electron chi connectivity index (χ2n) is 5.37. The van der Waals surface area contributed by atoms with E-state index in [2.05, 4.69) is 10.6 Å². The molecule has 0 unspecified atom stereocenters. The van der Waals surface area contributed by atoms with Crippen molar-refractivity contribution < 1.29 is 14.5 Å². The summed E-state index contributed by atoms with van der Waals surface area (Å²) >= 11 is 6.11. The standard InChI is InChI=1S/C13H13ClN4O4/c14-9-7-8(18(21)22)1-2-10(9)17-5-3-13(4-6-17)11(19)15-12(20)16-13/h1-2,7H,3-6H2,(H2,15,16,19,20). The molecular formula is C13H13ClN4O4. The third kappa shape index (κ3) is 2.35. The van der Waals surface area contributed by atoms with Crippen LogP contribution in [-0.2, 0) is 4.79 Å². The number of anilines is 1. The molecule has 0 radical (unpaired) electrons. The fraction of sp³-hybridized carbons (Fsp3) is 0.385. The fourth-order valence-corrected chi connectivity index (χ4v) is 3.17. The third-order valence-electron chi connectivity index (χ3n) is 4.11. The van der Waals surface area contributed by atoms with Gasteiger partial charge in [-0.1, -0.05) is 11.6 Å². The Hall–Kier alpha value is -2.35. The minimum absolute atomic E-state index is 0.0651. The van der Waals surface area contributed by atoms with Gasteiger partial charge in [-0.15, -0.1) is 0 Å². The van der Waals surface area contributed by atoms with Crippen LogP contribution < -0.4 is 15.5 Å². The molecule has 0 saturated carbocycles. The van der Waals surface area contributed by atoms with E-state index in [1.165, 1.54) is 12.1 Å². The number of benzene rings is 1. The number of amides is 3. The summed E-state index contributed by atoms with van der Waals surface area (Å²) in [5, 5.41) is 16.0. The highest BCUT2D eigenvalue weighted by atomic mass is 35.5. The van der Waals surface area contributed by atoms with Gasteiger partial charge >= 0.3 is 6.03 Å². The normalized spacial score (nSPS) is 20.0. The van der Waals surface area contributed by atoms with Crippen molar-refractivity contribution in [1.82, 2.24) is 10.6 Å². The summed E-state index contributed by atoms with van der Waals surface area (Å²) in [6, 6.07) is 3.85. The average molecular weight is 325 g/mol. The Bertz CT molecular complexity index is 670. The number of nitrogens with one attached hydrogen (secondary N) is 2. The van der Waals surface area contributed by atoms with Gasteiger partial charge in [-0.25, -0.2) is 4.79 Å². The maximum atomic E-state index is 11.9. The number of nitrogens with zero attached hydrogens (tertiary/aromatic N) is 2. The molecule has 8 nitrogen and oxygen atoms in total. The van der Waals surface area contributed by atoms with E-state index in [1.807, 2.05) is 4.90 Å². The van der Waals surface area contributed by atoms with Crippen LogP contribution in [0.1, 0.15) is 12.8 Å². The Labute approximate surface area is 130 Å². The van der Waals surface area contributed by atoms with Crippen LogP contribution in [0.5, 0.6) is 0 Å². The molecule has 1 spiro atoms. The molecular weight excluding hydrogens is 312 g/mol. The summed E-state index contributed by atoms with van der Waals surface area (Å²) in [6.45, 7) is 1.04. The molecule has 116 valence electrons. The van der Waals surface area contributed by atoms with Crippen molar-refractivity contribution in [2.24, 2.45) is 0 Å². The lowest BCUT2D eigenvalue weighted by Gasteiger charge is -2.38. The van der Waals surface area contributed by atoms with E-state index in [-0.39, 0.29) is 11.6 Å². The highest BCUT2D eigenvalue weighted by Crippen LogP contribution is 2.34. The maximum Gasteiger partial charge on any atom is 0.322 e. The Morgan fingerprint density at radius 2 is 1.95 bits per heavy atom. The van der Waals surface area contributed by atoms with E-state index < -0.39 is 16.5 Å². The van der Waals surface area contributed by atoms with Gasteiger partial charge in [0.05, 0.1) is 15.6 Å². The molecule has 2 aliphatic heterocycles. The van der Waals surface area contributed by atoms with Gasteiger partial charge in [-0.3, -0.25) is 20.2 Å². The van der Waals surface area contributed by atoms with Crippen LogP contribution >= 0.6 is 11.6 Å². The molecule has 22 heavy (non-hydrogen) atoms. The van der Waals surface area contributed by atoms with Crippen molar-refractivity contribution >= 4 is 34.9 Å². The lowest BCUT2D eigenvalue weighted by molar-refractivity contribution is -0.384. The Morgan fingerprint density at radius 1 is 1.27 bits per heavy atom. The number of hydrogen-bond acceptors (Lipinski definition) is 5. The lowest BCUT2D eigenvalue weighted by Crippen LogP contribution is -2.54. The molecule has 0 bridgehead atoms. The van der Waals surface area contributed by atoms with Crippen LogP contribution in [-0.4, -0.2) is 35.5 Å². The SMILES string of the molecule is O=C1NC(=O)C2(CCN(c3ccc([N+](=O)[O-])cc3Cl)CC2)N1. The number of nitro groups is 1. The number of hydrogen-bond donors (Lipinski definition) is 2. The molecule has 0 atom stereocenters. The van der Waals surface area contributed by atoms with E-state index in [9.17, 15) is 19.7 Å². The van der Waals surface area contributed by atoms with Gasteiger partial charge in [0.25, 0.3) is 11.6 Å². The van der Waals surface area contributed by atoms with E-state index in [4.69, 9.17) is 11.6 Å². The van der Waals surface area contributed by atoms with Crippen molar-refractivity contribution in [1.29, 1.82) is 0 Å². The first-order valence-corrected chi connectivity index (χ1v) is 7.12. The minimum atomic E-state index is -0.846. The molecule has 0 aliphatic carbocycles. The highest BCUT2D eigenvalue weighted by molar-refractivity contribution is 6.33. The molecule has 2 N–H and O–H groups in total. The molecule has 1 aromatic carbocycles. The number of carbonyl (C=O) groups excluding carboxylic acids is 2. The van der Waals surface area contributed by atoms with Crippen LogP contribution in [0, 0.1) is 10.1 Å². The maximum absolute atomic E-state index is 11.9. The second kappa shape index (κ2) is 5.13. The van der Waals surface area contributed by atoms with E-state index in [1.54, 1.807) is 6.07 Å². The van der Waals surface area contributed by atoms with Crippen LogP contribution in [0.2, 0.25) is 5.02 Å². The quantitative estimate of drug-likeness (QED) is 0.486. The number of rotatable bonds is 2. The van der Waals surface area contributed by atoms with Gasteiger partial charge in [-0.2, -0.15) is 0 Å². The zero-order valence-corrected chi connectivity index (χ0v) is 12.2. The van der Waals surface area contributed by atoms with Crippen molar-refractivity contribution in [3.63, 3.8) is 0 Å². The molecule has 2 fully saturated rings. The predicted molar refractivity (Wildman–Crippen MR) is 79.0 cm³/mol. The summed E-state index contributed by atoms with van der Waals surface area (Å²) in [5.74, 6) is -0.299. The van der Waals surface area contributed by atoms with E-state index >= 15 is 0 Å². The third-order valence-corrected chi connectivity index (χ3v) is 4.42. The number of piperidine rings is 1. The molecule has 2 aliphatic rings. The van der Waals surface area contributed by atoms with Gasteiger partial charge in [0, 0.05) is 25.2 Å². The van der Waals surface area contributed by atoms with Gasteiger partial charge in [0.15, 0.2) is 0 Å². The molecule has 9 heteroatoms. The molecule has 2 heterocycles. The first-order chi connectivity index (χ1) is 10.4. The van der Waals surface area contributed by atoms with Gasteiger partial charge in [0.1, 0.15) is 5.54 Å². The van der Waals surface area contributed by atoms with Crippen LogP contribution in [0.15, 0.2) is 18.2 Å². The zero-order chi connectivity index (χ0) is 15.9. The number of halogens is 1. The lowest BCUT2D eigenvalue weighted by atomic mass is 9.87. The Balaban J connectivity index is 1.76. The summed E-state index contributed by atoms with van der Waals surface area (Å²) < 4.78 is 0. The van der Waals surface area contributed by atoms with Crippen molar-refractivity contribution in [2.75, 3.05) is 18.0 Å². The number of nitro benzene ring substituents is 1. The molecule has 1 aromatic rings. The summed E-state index contributed by atoms with van der Waals surface area (Å²) in [4.78, 5) is 35.3. The number of urea groups is 1.